The number of Topliss-reactive ketones (excluding diaryl/α,β-unsaturated/α-hetero) is 1. The van der Waals surface area contributed by atoms with Gasteiger partial charge in [0.05, 0.1) is 12.2 Å². The summed E-state index contributed by atoms with van der Waals surface area (Å²) in [6, 6.07) is 13.6. The van der Waals surface area contributed by atoms with E-state index in [0.29, 0.717) is 18.5 Å². The molecule has 28 heavy (non-hydrogen) atoms. The third-order valence-electron chi connectivity index (χ3n) is 5.46. The number of hydrogen-bond donors (Lipinski definition) is 0. The highest BCUT2D eigenvalue weighted by Crippen LogP contribution is 2.33. The number of carbonyl (C=O) groups excluding carboxylic acids is 2. The lowest BCUT2D eigenvalue weighted by molar-refractivity contribution is -0.136. The second-order valence-electron chi connectivity index (χ2n) is 7.47. The van der Waals surface area contributed by atoms with Gasteiger partial charge in [-0.3, -0.25) is 14.6 Å². The van der Waals surface area contributed by atoms with Crippen LogP contribution < -0.4 is 0 Å². The summed E-state index contributed by atoms with van der Waals surface area (Å²) in [6.07, 6.45) is 6.37. The molecular weight excluding hydrogens is 350 g/mol. The number of aromatic nitrogens is 2. The summed E-state index contributed by atoms with van der Waals surface area (Å²) in [4.78, 5) is 32.1. The number of pyridine rings is 1. The van der Waals surface area contributed by atoms with Gasteiger partial charge in [0.25, 0.3) is 0 Å². The fourth-order valence-electron chi connectivity index (χ4n) is 3.86. The van der Waals surface area contributed by atoms with Gasteiger partial charge < -0.3 is 9.47 Å². The van der Waals surface area contributed by atoms with E-state index in [9.17, 15) is 9.59 Å². The molecular formula is C23H25N3O2. The SMILES string of the molecule is CC[C@@H](C(=O)N(Cc1ccccn1)C1CC1)n1cc(C(C)=O)c2ccccc21. The predicted molar refractivity (Wildman–Crippen MR) is 109 cm³/mol. The lowest BCUT2D eigenvalue weighted by Crippen LogP contribution is -2.38. The fraction of sp³-hybridized carbons (Fsp3) is 0.348. The van der Waals surface area contributed by atoms with Crippen LogP contribution in [0.4, 0.5) is 0 Å². The van der Waals surface area contributed by atoms with Crippen molar-refractivity contribution in [2.24, 2.45) is 0 Å². The van der Waals surface area contributed by atoms with Crippen LogP contribution in [0.2, 0.25) is 0 Å². The standard InChI is InChI=1S/C23H25N3O2/c1-3-21(26-15-20(16(2)27)19-9-4-5-10-22(19)26)23(28)25(18-11-12-18)14-17-8-6-7-13-24-17/h4-10,13,15,18,21H,3,11-12,14H2,1-2H3/t21-/m0/s1. The van der Waals surface area contributed by atoms with Crippen LogP contribution in [-0.4, -0.2) is 32.2 Å². The molecule has 0 N–H and O–H groups in total. The van der Waals surface area contributed by atoms with Gasteiger partial charge in [-0.2, -0.15) is 0 Å². The van der Waals surface area contributed by atoms with Crippen molar-refractivity contribution in [1.29, 1.82) is 0 Å². The number of carbonyl (C=O) groups is 2. The van der Waals surface area contributed by atoms with E-state index >= 15 is 0 Å². The number of amides is 1. The van der Waals surface area contributed by atoms with Crippen LogP contribution in [0.15, 0.2) is 54.9 Å². The summed E-state index contributed by atoms with van der Waals surface area (Å²) in [5, 5.41) is 0.906. The van der Waals surface area contributed by atoms with E-state index in [0.717, 1.165) is 29.4 Å². The Morgan fingerprint density at radius 1 is 1.18 bits per heavy atom. The van der Waals surface area contributed by atoms with Crippen LogP contribution in [-0.2, 0) is 11.3 Å². The smallest absolute Gasteiger partial charge is 0.246 e. The van der Waals surface area contributed by atoms with Crippen molar-refractivity contribution in [1.82, 2.24) is 14.5 Å². The molecule has 5 heteroatoms. The lowest BCUT2D eigenvalue weighted by Gasteiger charge is -2.28. The lowest BCUT2D eigenvalue weighted by atomic mass is 10.1. The van der Waals surface area contributed by atoms with Crippen molar-refractivity contribution in [2.75, 3.05) is 0 Å². The number of fused-ring (bicyclic) bond motifs is 1. The van der Waals surface area contributed by atoms with E-state index in [-0.39, 0.29) is 23.8 Å². The van der Waals surface area contributed by atoms with Gasteiger partial charge in [-0.1, -0.05) is 31.2 Å². The van der Waals surface area contributed by atoms with E-state index in [1.807, 2.05) is 65.1 Å². The van der Waals surface area contributed by atoms with E-state index in [1.54, 1.807) is 13.1 Å². The zero-order valence-corrected chi connectivity index (χ0v) is 16.3. The molecule has 1 aromatic carbocycles. The highest BCUT2D eigenvalue weighted by Gasteiger charge is 2.36. The van der Waals surface area contributed by atoms with Gasteiger partial charge in [-0.25, -0.2) is 0 Å². The molecule has 4 rings (SSSR count). The van der Waals surface area contributed by atoms with Crippen LogP contribution in [0.25, 0.3) is 10.9 Å². The molecule has 0 aliphatic heterocycles. The maximum Gasteiger partial charge on any atom is 0.246 e. The number of benzene rings is 1. The average molecular weight is 375 g/mol. The summed E-state index contributed by atoms with van der Waals surface area (Å²) in [6.45, 7) is 4.13. The molecule has 3 aromatic rings. The molecule has 0 unspecified atom stereocenters. The van der Waals surface area contributed by atoms with Crippen molar-refractivity contribution in [3.05, 3.63) is 66.1 Å². The number of rotatable bonds is 7. The van der Waals surface area contributed by atoms with E-state index in [4.69, 9.17) is 0 Å². The highest BCUT2D eigenvalue weighted by molar-refractivity contribution is 6.07. The zero-order chi connectivity index (χ0) is 19.7. The monoisotopic (exact) mass is 375 g/mol. The van der Waals surface area contributed by atoms with E-state index in [2.05, 4.69) is 4.98 Å². The molecule has 0 spiro atoms. The Labute approximate surface area is 165 Å². The Balaban J connectivity index is 1.71. The Bertz CT molecular complexity index is 1010. The molecule has 1 aliphatic carbocycles. The molecule has 2 heterocycles. The molecule has 0 bridgehead atoms. The molecule has 1 atom stereocenters. The molecule has 1 aliphatic rings. The Morgan fingerprint density at radius 2 is 1.93 bits per heavy atom. The third-order valence-corrected chi connectivity index (χ3v) is 5.46. The van der Waals surface area contributed by atoms with Crippen molar-refractivity contribution in [3.63, 3.8) is 0 Å². The maximum atomic E-state index is 13.6. The molecule has 0 radical (unpaired) electrons. The molecule has 5 nitrogen and oxygen atoms in total. The summed E-state index contributed by atoms with van der Waals surface area (Å²) in [5.41, 5.74) is 2.51. The minimum absolute atomic E-state index is 0.0183. The highest BCUT2D eigenvalue weighted by atomic mass is 16.2. The van der Waals surface area contributed by atoms with Gasteiger partial charge in [0.1, 0.15) is 6.04 Å². The van der Waals surface area contributed by atoms with Gasteiger partial charge >= 0.3 is 0 Å². The van der Waals surface area contributed by atoms with Crippen molar-refractivity contribution in [2.45, 2.75) is 51.7 Å². The minimum Gasteiger partial charge on any atom is -0.334 e. The number of nitrogens with zero attached hydrogens (tertiary/aromatic N) is 3. The van der Waals surface area contributed by atoms with Gasteiger partial charge in [0.15, 0.2) is 5.78 Å². The first-order chi connectivity index (χ1) is 13.6. The quantitative estimate of drug-likeness (QED) is 0.576. The van der Waals surface area contributed by atoms with E-state index in [1.165, 1.54) is 0 Å². The summed E-state index contributed by atoms with van der Waals surface area (Å²) in [5.74, 6) is 0.122. The maximum absolute atomic E-state index is 13.6. The molecule has 1 saturated carbocycles. The average Bonchev–Trinajstić information content (AvgIpc) is 3.48. The zero-order valence-electron chi connectivity index (χ0n) is 16.3. The van der Waals surface area contributed by atoms with Gasteiger partial charge in [0.2, 0.25) is 5.91 Å². The topological polar surface area (TPSA) is 55.2 Å². The van der Waals surface area contributed by atoms with Crippen LogP contribution >= 0.6 is 0 Å². The van der Waals surface area contributed by atoms with Crippen LogP contribution in [0.5, 0.6) is 0 Å². The predicted octanol–water partition coefficient (Wildman–Crippen LogP) is 4.38. The minimum atomic E-state index is -0.331. The van der Waals surface area contributed by atoms with Crippen LogP contribution in [0.3, 0.4) is 0 Å². The summed E-state index contributed by atoms with van der Waals surface area (Å²) >= 11 is 0. The first-order valence-electron chi connectivity index (χ1n) is 9.91. The number of ketones is 1. The molecule has 1 fully saturated rings. The summed E-state index contributed by atoms with van der Waals surface area (Å²) < 4.78 is 1.99. The van der Waals surface area contributed by atoms with Gasteiger partial charge in [0, 0.05) is 34.9 Å². The van der Waals surface area contributed by atoms with Crippen molar-refractivity contribution < 1.29 is 9.59 Å². The Hall–Kier alpha value is -2.95. The second kappa shape index (κ2) is 7.58. The first-order valence-corrected chi connectivity index (χ1v) is 9.91. The van der Waals surface area contributed by atoms with Crippen LogP contribution in [0, 0.1) is 0 Å². The molecule has 2 aromatic heterocycles. The normalized spacial score (nSPS) is 14.8. The van der Waals surface area contributed by atoms with Gasteiger partial charge in [-0.15, -0.1) is 0 Å². The van der Waals surface area contributed by atoms with Crippen molar-refractivity contribution >= 4 is 22.6 Å². The summed E-state index contributed by atoms with van der Waals surface area (Å²) in [7, 11) is 0. The molecule has 0 saturated heterocycles. The first kappa shape index (κ1) is 18.4. The molecule has 1 amide bonds. The van der Waals surface area contributed by atoms with Crippen LogP contribution in [0.1, 0.15) is 55.2 Å². The number of para-hydroxylation sites is 1. The second-order valence-corrected chi connectivity index (χ2v) is 7.47. The number of hydrogen-bond acceptors (Lipinski definition) is 3. The third kappa shape index (κ3) is 3.44. The Morgan fingerprint density at radius 3 is 2.57 bits per heavy atom. The van der Waals surface area contributed by atoms with E-state index < -0.39 is 0 Å². The van der Waals surface area contributed by atoms with Crippen molar-refractivity contribution in [3.8, 4) is 0 Å². The van der Waals surface area contributed by atoms with Gasteiger partial charge in [-0.05, 0) is 44.4 Å². The fourth-order valence-corrected chi connectivity index (χ4v) is 3.86. The Kier molecular flexibility index (Phi) is 4.99. The molecule has 144 valence electrons. The largest absolute Gasteiger partial charge is 0.334 e.